The van der Waals surface area contributed by atoms with Crippen molar-refractivity contribution in [3.63, 3.8) is 0 Å². The van der Waals surface area contributed by atoms with E-state index < -0.39 is 0 Å². The number of likely N-dealkylation sites (tertiary alicyclic amines) is 1. The topological polar surface area (TPSA) is 39.1 Å². The minimum Gasteiger partial charge on any atom is -0.304 e. The summed E-state index contributed by atoms with van der Waals surface area (Å²) in [6.07, 6.45) is 1.27. The van der Waals surface area contributed by atoms with E-state index in [1.807, 2.05) is 7.05 Å². The lowest BCUT2D eigenvalue weighted by molar-refractivity contribution is 0.252. The summed E-state index contributed by atoms with van der Waals surface area (Å²) < 4.78 is 0. The van der Waals surface area contributed by atoms with Gasteiger partial charge in [-0.15, -0.1) is 0 Å². The van der Waals surface area contributed by atoms with Gasteiger partial charge in [0.1, 0.15) is 6.04 Å². The fraction of sp³-hybridized carbons (Fsp3) is 0.900. The van der Waals surface area contributed by atoms with Gasteiger partial charge in [-0.2, -0.15) is 5.26 Å². The highest BCUT2D eigenvalue weighted by Crippen LogP contribution is 2.21. The number of hydrogen-bond acceptors (Lipinski definition) is 3. The molecule has 1 saturated heterocycles. The minimum absolute atomic E-state index is 0.0206. The Morgan fingerprint density at radius 3 is 2.69 bits per heavy atom. The number of likely N-dealkylation sites (N-methyl/N-ethyl adjacent to an activating group) is 1. The maximum atomic E-state index is 8.80. The molecule has 0 bridgehead atoms. The standard InChI is InChI=1S/C10H19N3/c1-8-4-9(2)13(6-8)7-10(5-11)12-3/h8-10,12H,4,6-7H2,1-3H3. The Bertz CT molecular complexity index is 197. The zero-order valence-electron chi connectivity index (χ0n) is 8.75. The normalized spacial score (nSPS) is 31.5. The highest BCUT2D eigenvalue weighted by molar-refractivity contribution is 4.93. The predicted molar refractivity (Wildman–Crippen MR) is 53.3 cm³/mol. The summed E-state index contributed by atoms with van der Waals surface area (Å²) in [6, 6.07) is 2.88. The Labute approximate surface area is 80.7 Å². The summed E-state index contributed by atoms with van der Waals surface area (Å²) in [4.78, 5) is 2.40. The molecule has 1 fully saturated rings. The summed E-state index contributed by atoms with van der Waals surface area (Å²) >= 11 is 0. The third kappa shape index (κ3) is 2.68. The smallest absolute Gasteiger partial charge is 0.108 e. The molecule has 1 N–H and O–H groups in total. The first kappa shape index (κ1) is 10.5. The van der Waals surface area contributed by atoms with Crippen molar-refractivity contribution in [1.82, 2.24) is 10.2 Å². The summed E-state index contributed by atoms with van der Waals surface area (Å²) in [5, 5.41) is 11.8. The van der Waals surface area contributed by atoms with Gasteiger partial charge in [-0.3, -0.25) is 4.90 Å². The van der Waals surface area contributed by atoms with Crippen molar-refractivity contribution in [2.24, 2.45) is 5.92 Å². The molecule has 3 atom stereocenters. The molecule has 1 rings (SSSR count). The van der Waals surface area contributed by atoms with Crippen LogP contribution < -0.4 is 5.32 Å². The van der Waals surface area contributed by atoms with Gasteiger partial charge in [-0.1, -0.05) is 6.92 Å². The fourth-order valence-corrected chi connectivity index (χ4v) is 2.07. The van der Waals surface area contributed by atoms with Gasteiger partial charge in [0.25, 0.3) is 0 Å². The van der Waals surface area contributed by atoms with Crippen LogP contribution in [0.25, 0.3) is 0 Å². The predicted octanol–water partition coefficient (Wildman–Crippen LogP) is 0.828. The average Bonchev–Trinajstić information content (AvgIpc) is 2.41. The molecule has 3 heteroatoms. The Morgan fingerprint density at radius 2 is 2.31 bits per heavy atom. The molecule has 0 aromatic rings. The molecule has 0 aliphatic carbocycles. The summed E-state index contributed by atoms with van der Waals surface area (Å²) in [6.45, 7) is 6.52. The van der Waals surface area contributed by atoms with E-state index in [1.165, 1.54) is 6.42 Å². The summed E-state index contributed by atoms with van der Waals surface area (Å²) in [7, 11) is 1.85. The van der Waals surface area contributed by atoms with E-state index >= 15 is 0 Å². The Kier molecular flexibility index (Phi) is 3.71. The van der Waals surface area contributed by atoms with Crippen LogP contribution in [-0.2, 0) is 0 Å². The van der Waals surface area contributed by atoms with Crippen LogP contribution in [0, 0.1) is 17.2 Å². The Morgan fingerprint density at radius 1 is 1.62 bits per heavy atom. The monoisotopic (exact) mass is 181 g/mol. The van der Waals surface area contributed by atoms with Gasteiger partial charge in [0.2, 0.25) is 0 Å². The maximum Gasteiger partial charge on any atom is 0.108 e. The summed E-state index contributed by atoms with van der Waals surface area (Å²) in [5.74, 6) is 0.784. The van der Waals surface area contributed by atoms with E-state index in [4.69, 9.17) is 5.26 Å². The first-order valence-electron chi connectivity index (χ1n) is 4.98. The summed E-state index contributed by atoms with van der Waals surface area (Å²) in [5.41, 5.74) is 0. The lowest BCUT2D eigenvalue weighted by Gasteiger charge is -2.23. The molecule has 0 amide bonds. The van der Waals surface area contributed by atoms with Crippen LogP contribution in [0.2, 0.25) is 0 Å². The molecule has 1 heterocycles. The zero-order chi connectivity index (χ0) is 9.84. The van der Waals surface area contributed by atoms with Crippen LogP contribution in [0.15, 0.2) is 0 Å². The maximum absolute atomic E-state index is 8.80. The quantitative estimate of drug-likeness (QED) is 0.701. The number of nitrogens with zero attached hydrogens (tertiary/aromatic N) is 2. The van der Waals surface area contributed by atoms with Crippen molar-refractivity contribution in [2.45, 2.75) is 32.4 Å². The van der Waals surface area contributed by atoms with Gasteiger partial charge in [0.05, 0.1) is 6.07 Å². The SMILES string of the molecule is CNC(C#N)CN1CC(C)CC1C. The van der Waals surface area contributed by atoms with Crippen molar-refractivity contribution in [3.8, 4) is 6.07 Å². The van der Waals surface area contributed by atoms with Crippen LogP contribution in [-0.4, -0.2) is 37.1 Å². The Hall–Kier alpha value is -0.590. The van der Waals surface area contributed by atoms with Crippen molar-refractivity contribution < 1.29 is 0 Å². The molecule has 0 spiro atoms. The molecule has 0 aromatic carbocycles. The van der Waals surface area contributed by atoms with E-state index in [0.29, 0.717) is 6.04 Å². The molecule has 3 nitrogen and oxygen atoms in total. The lowest BCUT2D eigenvalue weighted by Crippen LogP contribution is -2.40. The van der Waals surface area contributed by atoms with Gasteiger partial charge in [0, 0.05) is 19.1 Å². The molecule has 13 heavy (non-hydrogen) atoms. The largest absolute Gasteiger partial charge is 0.304 e. The van der Waals surface area contributed by atoms with Crippen LogP contribution in [0.5, 0.6) is 0 Å². The van der Waals surface area contributed by atoms with Crippen LogP contribution >= 0.6 is 0 Å². The third-order valence-electron chi connectivity index (χ3n) is 2.83. The van der Waals surface area contributed by atoms with Gasteiger partial charge in [0.15, 0.2) is 0 Å². The molecular weight excluding hydrogens is 162 g/mol. The third-order valence-corrected chi connectivity index (χ3v) is 2.83. The van der Waals surface area contributed by atoms with E-state index in [1.54, 1.807) is 0 Å². The van der Waals surface area contributed by atoms with E-state index in [2.05, 4.69) is 30.1 Å². The van der Waals surface area contributed by atoms with E-state index in [9.17, 15) is 0 Å². The second-order valence-electron chi connectivity index (χ2n) is 4.11. The van der Waals surface area contributed by atoms with E-state index in [0.717, 1.165) is 19.0 Å². The van der Waals surface area contributed by atoms with Crippen LogP contribution in [0.1, 0.15) is 20.3 Å². The van der Waals surface area contributed by atoms with Gasteiger partial charge in [-0.05, 0) is 26.3 Å². The minimum atomic E-state index is -0.0206. The van der Waals surface area contributed by atoms with Crippen LogP contribution in [0.4, 0.5) is 0 Å². The molecule has 0 aromatic heterocycles. The van der Waals surface area contributed by atoms with Crippen LogP contribution in [0.3, 0.4) is 0 Å². The van der Waals surface area contributed by atoms with Gasteiger partial charge in [-0.25, -0.2) is 0 Å². The number of rotatable bonds is 3. The first-order valence-corrected chi connectivity index (χ1v) is 4.98. The Balaban J connectivity index is 2.41. The van der Waals surface area contributed by atoms with E-state index in [-0.39, 0.29) is 6.04 Å². The molecular formula is C10H19N3. The second-order valence-corrected chi connectivity index (χ2v) is 4.11. The molecule has 0 saturated carbocycles. The van der Waals surface area contributed by atoms with Crippen molar-refractivity contribution in [3.05, 3.63) is 0 Å². The lowest BCUT2D eigenvalue weighted by atomic mass is 10.1. The van der Waals surface area contributed by atoms with Crippen molar-refractivity contribution in [1.29, 1.82) is 5.26 Å². The number of hydrogen-bond donors (Lipinski definition) is 1. The second kappa shape index (κ2) is 4.59. The molecule has 1 aliphatic rings. The highest BCUT2D eigenvalue weighted by Gasteiger charge is 2.27. The molecule has 74 valence electrons. The highest BCUT2D eigenvalue weighted by atomic mass is 15.2. The average molecular weight is 181 g/mol. The van der Waals surface area contributed by atoms with Crippen molar-refractivity contribution >= 4 is 0 Å². The van der Waals surface area contributed by atoms with Gasteiger partial charge >= 0.3 is 0 Å². The number of nitrogens with one attached hydrogen (secondary N) is 1. The zero-order valence-corrected chi connectivity index (χ0v) is 8.75. The van der Waals surface area contributed by atoms with Gasteiger partial charge < -0.3 is 5.32 Å². The molecule has 3 unspecified atom stereocenters. The molecule has 0 radical (unpaired) electrons. The fourth-order valence-electron chi connectivity index (χ4n) is 2.07. The number of nitriles is 1. The first-order chi connectivity index (χ1) is 6.17. The van der Waals surface area contributed by atoms with Crippen molar-refractivity contribution in [2.75, 3.05) is 20.1 Å². The molecule has 1 aliphatic heterocycles.